The number of nitrogens with zero attached hydrogens (tertiary/aromatic N) is 2. The van der Waals surface area contributed by atoms with E-state index in [1.165, 1.54) is 25.0 Å². The Balaban J connectivity index is 2.54. The Morgan fingerprint density at radius 3 is 2.65 bits per heavy atom. The minimum absolute atomic E-state index is 0.0241. The number of nitro benzene ring substituents is 1. The van der Waals surface area contributed by atoms with Crippen molar-refractivity contribution in [2.45, 2.75) is 6.92 Å². The first kappa shape index (κ1) is 20.3. The molecule has 2 rings (SSSR count). The summed E-state index contributed by atoms with van der Waals surface area (Å²) in [6.07, 6.45) is 0. The monoisotopic (exact) mass is 491 g/mol. The molecular weight excluding hydrogens is 478 g/mol. The highest BCUT2D eigenvalue weighted by Gasteiger charge is 2.35. The Hall–Kier alpha value is -1.98. The van der Waals surface area contributed by atoms with Crippen LogP contribution in [0.1, 0.15) is 5.56 Å². The molecule has 0 saturated heterocycles. The van der Waals surface area contributed by atoms with Crippen LogP contribution in [0.25, 0.3) is 0 Å². The minimum Gasteiger partial charge on any atom is -0.466 e. The summed E-state index contributed by atoms with van der Waals surface area (Å²) in [5.41, 5.74) is 0.457. The number of methoxy groups -OCH3 is 1. The molecule has 0 saturated carbocycles. The molecule has 1 aliphatic rings. The summed E-state index contributed by atoms with van der Waals surface area (Å²) in [6.45, 7) is 1.29. The summed E-state index contributed by atoms with van der Waals surface area (Å²) in [4.78, 5) is 36.6. The Kier molecular flexibility index (Phi) is 6.37. The maximum Gasteiger partial charge on any atom is 0.337 e. The highest BCUT2D eigenvalue weighted by molar-refractivity contribution is 9.11. The predicted octanol–water partition coefficient (Wildman–Crippen LogP) is 2.10. The number of nitro groups is 1. The molecule has 0 fully saturated rings. The highest BCUT2D eigenvalue weighted by Crippen LogP contribution is 2.40. The zero-order valence-corrected chi connectivity index (χ0v) is 17.0. The highest BCUT2D eigenvalue weighted by atomic mass is 79.9. The first-order chi connectivity index (χ1) is 12.2. The second kappa shape index (κ2) is 8.14. The van der Waals surface area contributed by atoms with Crippen molar-refractivity contribution in [1.29, 1.82) is 0 Å². The van der Waals surface area contributed by atoms with Crippen LogP contribution in [0, 0.1) is 17.0 Å². The Morgan fingerprint density at radius 1 is 1.46 bits per heavy atom. The van der Waals surface area contributed by atoms with Crippen molar-refractivity contribution in [2.24, 2.45) is 0 Å². The van der Waals surface area contributed by atoms with Crippen molar-refractivity contribution >= 4 is 55.1 Å². The van der Waals surface area contributed by atoms with E-state index in [0.29, 0.717) is 4.47 Å². The lowest BCUT2D eigenvalue weighted by Crippen LogP contribution is -2.31. The van der Waals surface area contributed by atoms with Gasteiger partial charge < -0.3 is 20.1 Å². The number of halogens is 2. The first-order valence-corrected chi connectivity index (χ1v) is 8.93. The number of rotatable bonds is 6. The number of anilines is 1. The second-order valence-electron chi connectivity index (χ2n) is 5.37. The third kappa shape index (κ3) is 3.74. The third-order valence-corrected chi connectivity index (χ3v) is 5.06. The van der Waals surface area contributed by atoms with E-state index in [9.17, 15) is 19.7 Å². The molecular formula is C15H15Br2N3O6. The average Bonchev–Trinajstić information content (AvgIpc) is 2.87. The standard InChI is InChI=1S/C15H15Br2N3O6/c1-7-11(9(16)5-10(17)13(7)20(24)25)18-12-8(15(23)26-2)6-19(3-4-21)14(12)22/h5,18,21H,3-4,6H2,1-2H3. The summed E-state index contributed by atoms with van der Waals surface area (Å²) >= 11 is 6.45. The van der Waals surface area contributed by atoms with Crippen LogP contribution < -0.4 is 5.32 Å². The number of carbonyl (C=O) groups is 2. The predicted molar refractivity (Wildman–Crippen MR) is 99.6 cm³/mol. The molecule has 1 aliphatic heterocycles. The van der Waals surface area contributed by atoms with Crippen LogP contribution in [0.3, 0.4) is 0 Å². The van der Waals surface area contributed by atoms with Crippen LogP contribution in [-0.2, 0) is 14.3 Å². The van der Waals surface area contributed by atoms with Crippen molar-refractivity contribution in [3.05, 3.63) is 42.0 Å². The van der Waals surface area contributed by atoms with Crippen molar-refractivity contribution in [1.82, 2.24) is 4.90 Å². The van der Waals surface area contributed by atoms with Gasteiger partial charge in [-0.1, -0.05) is 0 Å². The number of β-amino-alcohol motifs (C(OH)–C–C–N with tert-alkyl or cyclic N) is 1. The number of benzene rings is 1. The number of aliphatic hydroxyl groups excluding tert-OH is 1. The number of hydrogen-bond donors (Lipinski definition) is 2. The van der Waals surface area contributed by atoms with E-state index in [2.05, 4.69) is 37.2 Å². The zero-order chi connectivity index (χ0) is 19.6. The number of hydrogen-bond acceptors (Lipinski definition) is 7. The molecule has 26 heavy (non-hydrogen) atoms. The van der Waals surface area contributed by atoms with Crippen LogP contribution in [0.15, 0.2) is 26.3 Å². The van der Waals surface area contributed by atoms with Gasteiger partial charge in [0, 0.05) is 11.0 Å². The fourth-order valence-electron chi connectivity index (χ4n) is 2.58. The van der Waals surface area contributed by atoms with Crippen LogP contribution >= 0.6 is 31.9 Å². The smallest absolute Gasteiger partial charge is 0.337 e. The SMILES string of the molecule is COC(=O)C1=C(Nc2c(Br)cc(Br)c([N+](=O)[O-])c2C)C(=O)N(CCO)C1. The first-order valence-electron chi connectivity index (χ1n) is 7.34. The van der Waals surface area contributed by atoms with Crippen molar-refractivity contribution in [2.75, 3.05) is 32.1 Å². The number of carbonyl (C=O) groups excluding carboxylic acids is 2. The van der Waals surface area contributed by atoms with E-state index in [4.69, 9.17) is 9.84 Å². The molecule has 9 nitrogen and oxygen atoms in total. The van der Waals surface area contributed by atoms with E-state index in [0.717, 1.165) is 0 Å². The van der Waals surface area contributed by atoms with Gasteiger partial charge in [-0.25, -0.2) is 4.79 Å². The molecule has 0 unspecified atom stereocenters. The fourth-order valence-corrected chi connectivity index (χ4v) is 4.18. The quantitative estimate of drug-likeness (QED) is 0.354. The van der Waals surface area contributed by atoms with Crippen LogP contribution in [0.4, 0.5) is 11.4 Å². The second-order valence-corrected chi connectivity index (χ2v) is 7.08. The summed E-state index contributed by atoms with van der Waals surface area (Å²) < 4.78 is 5.46. The molecule has 1 heterocycles. The molecule has 0 spiro atoms. The largest absolute Gasteiger partial charge is 0.466 e. The van der Waals surface area contributed by atoms with Crippen LogP contribution in [-0.4, -0.2) is 53.6 Å². The van der Waals surface area contributed by atoms with Gasteiger partial charge in [0.15, 0.2) is 0 Å². The summed E-state index contributed by atoms with van der Waals surface area (Å²) in [5.74, 6) is -1.20. The number of ether oxygens (including phenoxy) is 1. The van der Waals surface area contributed by atoms with Gasteiger partial charge in [-0.05, 0) is 44.8 Å². The molecule has 1 aromatic carbocycles. The molecule has 0 aliphatic carbocycles. The summed E-state index contributed by atoms with van der Waals surface area (Å²) in [7, 11) is 1.19. The lowest BCUT2D eigenvalue weighted by Gasteiger charge is -2.16. The van der Waals surface area contributed by atoms with Crippen molar-refractivity contribution in [3.63, 3.8) is 0 Å². The van der Waals surface area contributed by atoms with Gasteiger partial charge in [-0.15, -0.1) is 0 Å². The van der Waals surface area contributed by atoms with Crippen molar-refractivity contribution in [3.8, 4) is 0 Å². The lowest BCUT2D eigenvalue weighted by molar-refractivity contribution is -0.386. The normalized spacial score (nSPS) is 14.0. The molecule has 1 aromatic rings. The van der Waals surface area contributed by atoms with E-state index in [-0.39, 0.29) is 52.4 Å². The molecule has 0 aromatic heterocycles. The minimum atomic E-state index is -0.693. The summed E-state index contributed by atoms with van der Waals surface area (Å²) in [5, 5.41) is 23.2. The topological polar surface area (TPSA) is 122 Å². The number of amides is 1. The number of aliphatic hydroxyl groups is 1. The molecule has 0 atom stereocenters. The van der Waals surface area contributed by atoms with Crippen molar-refractivity contribution < 1.29 is 24.4 Å². The molecule has 11 heteroatoms. The lowest BCUT2D eigenvalue weighted by atomic mass is 10.1. The van der Waals surface area contributed by atoms with Gasteiger partial charge in [-0.2, -0.15) is 0 Å². The molecule has 140 valence electrons. The average molecular weight is 493 g/mol. The number of esters is 1. The van der Waals surface area contributed by atoms with E-state index in [1.807, 2.05) is 0 Å². The van der Waals surface area contributed by atoms with Gasteiger partial charge in [0.2, 0.25) is 0 Å². The maximum absolute atomic E-state index is 12.6. The number of nitrogens with one attached hydrogen (secondary N) is 1. The van der Waals surface area contributed by atoms with E-state index >= 15 is 0 Å². The zero-order valence-electron chi connectivity index (χ0n) is 13.8. The Morgan fingerprint density at radius 2 is 2.12 bits per heavy atom. The molecule has 1 amide bonds. The van der Waals surface area contributed by atoms with Gasteiger partial charge in [0.25, 0.3) is 11.6 Å². The van der Waals surface area contributed by atoms with Gasteiger partial charge >= 0.3 is 5.97 Å². The molecule has 2 N–H and O–H groups in total. The van der Waals surface area contributed by atoms with Crippen LogP contribution in [0.5, 0.6) is 0 Å². The Labute approximate surface area is 165 Å². The van der Waals surface area contributed by atoms with E-state index in [1.54, 1.807) is 0 Å². The van der Waals surface area contributed by atoms with Gasteiger partial charge in [0.1, 0.15) is 5.70 Å². The fraction of sp³-hybridized carbons (Fsp3) is 0.333. The van der Waals surface area contributed by atoms with Crippen LogP contribution in [0.2, 0.25) is 0 Å². The third-order valence-electron chi connectivity index (χ3n) is 3.83. The summed E-state index contributed by atoms with van der Waals surface area (Å²) in [6, 6.07) is 1.48. The van der Waals surface area contributed by atoms with Gasteiger partial charge in [0.05, 0.1) is 46.5 Å². The Bertz CT molecular complexity index is 824. The maximum atomic E-state index is 12.6. The van der Waals surface area contributed by atoms with Gasteiger partial charge in [-0.3, -0.25) is 14.9 Å². The molecule has 0 bridgehead atoms. The van der Waals surface area contributed by atoms with E-state index < -0.39 is 16.8 Å². The molecule has 0 radical (unpaired) electrons.